The van der Waals surface area contributed by atoms with Crippen LogP contribution in [0.2, 0.25) is 0 Å². The zero-order chi connectivity index (χ0) is 15.3. The van der Waals surface area contributed by atoms with Crippen LogP contribution in [0.4, 0.5) is 0 Å². The van der Waals surface area contributed by atoms with E-state index < -0.39 is 0 Å². The van der Waals surface area contributed by atoms with Gasteiger partial charge in [-0.25, -0.2) is 4.99 Å². The van der Waals surface area contributed by atoms with Crippen molar-refractivity contribution in [3.05, 3.63) is 71.8 Å². The Balaban J connectivity index is 1.75. The first kappa shape index (κ1) is 14.7. The summed E-state index contributed by atoms with van der Waals surface area (Å²) >= 11 is 0. The molecule has 0 bridgehead atoms. The Labute approximate surface area is 132 Å². The Bertz CT molecular complexity index is 593. The minimum Gasteiger partial charge on any atom is -0.292 e. The van der Waals surface area contributed by atoms with Crippen molar-refractivity contribution in [2.24, 2.45) is 9.98 Å². The molecule has 0 fully saturated rings. The summed E-state index contributed by atoms with van der Waals surface area (Å²) in [6, 6.07) is 21.2. The molecule has 3 heteroatoms. The Morgan fingerprint density at radius 3 is 1.86 bits per heavy atom. The van der Waals surface area contributed by atoms with Gasteiger partial charge in [-0.2, -0.15) is 0 Å². The SMILES string of the molecule is CC1(CN(Cc2ccccc2)Cc2ccccc2)C=NC=N1. The van der Waals surface area contributed by atoms with Gasteiger partial charge in [-0.3, -0.25) is 9.89 Å². The standard InChI is InChI=1S/C19H21N3/c1-19(14-20-16-21-19)15-22(12-17-8-4-2-5-9-17)13-18-10-6-3-7-11-18/h2-11,14,16H,12-13,15H2,1H3. The summed E-state index contributed by atoms with van der Waals surface area (Å²) in [5, 5.41) is 0. The van der Waals surface area contributed by atoms with Gasteiger partial charge in [0, 0.05) is 25.8 Å². The van der Waals surface area contributed by atoms with Gasteiger partial charge in [0.1, 0.15) is 11.9 Å². The maximum absolute atomic E-state index is 4.50. The summed E-state index contributed by atoms with van der Waals surface area (Å²) in [4.78, 5) is 11.1. The van der Waals surface area contributed by atoms with Crippen LogP contribution in [0.15, 0.2) is 70.6 Å². The summed E-state index contributed by atoms with van der Waals surface area (Å²) in [6.07, 6.45) is 3.60. The van der Waals surface area contributed by atoms with Crippen molar-refractivity contribution in [3.63, 3.8) is 0 Å². The molecule has 0 N–H and O–H groups in total. The third-order valence-corrected chi connectivity index (χ3v) is 3.81. The zero-order valence-corrected chi connectivity index (χ0v) is 12.9. The molecular formula is C19H21N3. The van der Waals surface area contributed by atoms with Crippen LogP contribution < -0.4 is 0 Å². The largest absolute Gasteiger partial charge is 0.292 e. The number of hydrogen-bond acceptors (Lipinski definition) is 3. The van der Waals surface area contributed by atoms with E-state index in [1.165, 1.54) is 11.1 Å². The number of nitrogens with zero attached hydrogens (tertiary/aromatic N) is 3. The molecule has 0 saturated carbocycles. The van der Waals surface area contributed by atoms with Crippen LogP contribution in [-0.2, 0) is 13.1 Å². The quantitative estimate of drug-likeness (QED) is 0.799. The van der Waals surface area contributed by atoms with Gasteiger partial charge < -0.3 is 0 Å². The number of aliphatic imine (C=N–C) groups is 2. The minimum atomic E-state index is -0.219. The van der Waals surface area contributed by atoms with Gasteiger partial charge in [0.2, 0.25) is 0 Å². The van der Waals surface area contributed by atoms with Crippen molar-refractivity contribution in [3.8, 4) is 0 Å². The Morgan fingerprint density at radius 2 is 1.41 bits per heavy atom. The highest BCUT2D eigenvalue weighted by Gasteiger charge is 2.26. The fraction of sp³-hybridized carbons (Fsp3) is 0.263. The van der Waals surface area contributed by atoms with Gasteiger partial charge >= 0.3 is 0 Å². The summed E-state index contributed by atoms with van der Waals surface area (Å²) in [7, 11) is 0. The van der Waals surface area contributed by atoms with Crippen molar-refractivity contribution in [1.29, 1.82) is 0 Å². The van der Waals surface area contributed by atoms with Crippen LogP contribution in [0.5, 0.6) is 0 Å². The lowest BCUT2D eigenvalue weighted by Gasteiger charge is -2.29. The van der Waals surface area contributed by atoms with E-state index in [0.29, 0.717) is 0 Å². The fourth-order valence-electron chi connectivity index (χ4n) is 2.78. The summed E-state index contributed by atoms with van der Waals surface area (Å²) in [5.41, 5.74) is 2.42. The van der Waals surface area contributed by atoms with Gasteiger partial charge in [-0.15, -0.1) is 0 Å². The third-order valence-electron chi connectivity index (χ3n) is 3.81. The van der Waals surface area contributed by atoms with E-state index in [-0.39, 0.29) is 5.54 Å². The molecule has 0 amide bonds. The number of hydrogen-bond donors (Lipinski definition) is 0. The normalized spacial score (nSPS) is 19.9. The molecule has 0 aliphatic carbocycles. The van der Waals surface area contributed by atoms with E-state index >= 15 is 0 Å². The maximum atomic E-state index is 4.50. The van der Waals surface area contributed by atoms with Crippen LogP contribution in [0, 0.1) is 0 Å². The molecule has 2 aromatic rings. The lowest BCUT2D eigenvalue weighted by atomic mass is 10.0. The van der Waals surface area contributed by atoms with Crippen molar-refractivity contribution < 1.29 is 0 Å². The molecule has 1 aliphatic heterocycles. The minimum absolute atomic E-state index is 0.219. The topological polar surface area (TPSA) is 28.0 Å². The average Bonchev–Trinajstić information content (AvgIpc) is 2.95. The van der Waals surface area contributed by atoms with E-state index in [4.69, 9.17) is 0 Å². The molecule has 0 saturated heterocycles. The molecule has 2 aromatic carbocycles. The van der Waals surface area contributed by atoms with E-state index in [1.807, 2.05) is 6.21 Å². The highest BCUT2D eigenvalue weighted by Crippen LogP contribution is 2.18. The monoisotopic (exact) mass is 291 g/mol. The molecule has 3 nitrogen and oxygen atoms in total. The average molecular weight is 291 g/mol. The van der Waals surface area contributed by atoms with Crippen LogP contribution in [0.25, 0.3) is 0 Å². The summed E-state index contributed by atoms with van der Waals surface area (Å²) in [6.45, 7) is 4.81. The molecular weight excluding hydrogens is 270 g/mol. The Kier molecular flexibility index (Phi) is 4.45. The van der Waals surface area contributed by atoms with Crippen LogP contribution in [0.1, 0.15) is 18.1 Å². The second-order valence-corrected chi connectivity index (χ2v) is 6.00. The van der Waals surface area contributed by atoms with Gasteiger partial charge in [-0.1, -0.05) is 60.7 Å². The second kappa shape index (κ2) is 6.67. The fourth-order valence-corrected chi connectivity index (χ4v) is 2.78. The molecule has 112 valence electrons. The van der Waals surface area contributed by atoms with Gasteiger partial charge in [0.25, 0.3) is 0 Å². The van der Waals surface area contributed by atoms with Crippen molar-refractivity contribution in [1.82, 2.24) is 4.90 Å². The zero-order valence-electron chi connectivity index (χ0n) is 12.9. The molecule has 1 unspecified atom stereocenters. The third kappa shape index (κ3) is 3.89. The van der Waals surface area contributed by atoms with E-state index in [9.17, 15) is 0 Å². The van der Waals surface area contributed by atoms with Gasteiger partial charge in [0.15, 0.2) is 0 Å². The Morgan fingerprint density at radius 1 is 0.864 bits per heavy atom. The van der Waals surface area contributed by atoms with Gasteiger partial charge in [0.05, 0.1) is 0 Å². The second-order valence-electron chi connectivity index (χ2n) is 6.00. The molecule has 22 heavy (non-hydrogen) atoms. The molecule has 0 radical (unpaired) electrons. The first-order chi connectivity index (χ1) is 10.7. The lowest BCUT2D eigenvalue weighted by molar-refractivity contribution is 0.231. The number of rotatable bonds is 6. The van der Waals surface area contributed by atoms with E-state index in [2.05, 4.69) is 82.5 Å². The summed E-state index contributed by atoms with van der Waals surface area (Å²) in [5.74, 6) is 0. The predicted octanol–water partition coefficient (Wildman–Crippen LogP) is 3.56. The van der Waals surface area contributed by atoms with Crippen molar-refractivity contribution >= 4 is 12.6 Å². The first-order valence-corrected chi connectivity index (χ1v) is 7.62. The molecule has 1 aliphatic rings. The maximum Gasteiger partial charge on any atom is 0.110 e. The predicted molar refractivity (Wildman–Crippen MR) is 92.4 cm³/mol. The lowest BCUT2D eigenvalue weighted by Crippen LogP contribution is -2.39. The first-order valence-electron chi connectivity index (χ1n) is 7.62. The van der Waals surface area contributed by atoms with E-state index in [0.717, 1.165) is 19.6 Å². The Hall–Kier alpha value is -2.26. The summed E-state index contributed by atoms with van der Waals surface area (Å²) < 4.78 is 0. The van der Waals surface area contributed by atoms with Crippen LogP contribution >= 0.6 is 0 Å². The highest BCUT2D eigenvalue weighted by atomic mass is 15.2. The smallest absolute Gasteiger partial charge is 0.110 e. The molecule has 0 spiro atoms. The highest BCUT2D eigenvalue weighted by molar-refractivity contribution is 5.85. The molecule has 1 heterocycles. The molecule has 3 rings (SSSR count). The van der Waals surface area contributed by atoms with E-state index in [1.54, 1.807) is 6.34 Å². The number of benzene rings is 2. The van der Waals surface area contributed by atoms with Crippen LogP contribution in [-0.4, -0.2) is 29.5 Å². The molecule has 1 atom stereocenters. The van der Waals surface area contributed by atoms with Gasteiger partial charge in [-0.05, 0) is 18.1 Å². The van der Waals surface area contributed by atoms with Crippen LogP contribution in [0.3, 0.4) is 0 Å². The molecule has 0 aromatic heterocycles. The van der Waals surface area contributed by atoms with Crippen molar-refractivity contribution in [2.45, 2.75) is 25.6 Å². The van der Waals surface area contributed by atoms with Crippen molar-refractivity contribution in [2.75, 3.05) is 6.54 Å².